The number of carbonyl (C=O) groups is 1. The van der Waals surface area contributed by atoms with Crippen LogP contribution in [-0.4, -0.2) is 19.2 Å². The summed E-state index contributed by atoms with van der Waals surface area (Å²) in [5.41, 5.74) is 0. The predicted molar refractivity (Wildman–Crippen MR) is 83.0 cm³/mol. The summed E-state index contributed by atoms with van der Waals surface area (Å²) in [6.45, 7) is 2.75. The molecule has 0 saturated heterocycles. The van der Waals surface area contributed by atoms with E-state index >= 15 is 0 Å². The zero-order chi connectivity index (χ0) is 14.4. The van der Waals surface area contributed by atoms with Crippen LogP contribution in [0.2, 0.25) is 0 Å². The Balaban J connectivity index is 1.87. The summed E-state index contributed by atoms with van der Waals surface area (Å²) in [5.74, 6) is 0.656. The molecule has 0 heterocycles. The zero-order valence-corrected chi connectivity index (χ0v) is 13.0. The summed E-state index contributed by atoms with van der Waals surface area (Å²) < 4.78 is 11.6. The molecule has 0 aliphatic heterocycles. The van der Waals surface area contributed by atoms with Crippen LogP contribution in [0.25, 0.3) is 10.8 Å². The van der Waals surface area contributed by atoms with Crippen molar-refractivity contribution < 1.29 is 14.3 Å². The second kappa shape index (κ2) is 7.29. The number of benzene rings is 2. The minimum atomic E-state index is -0.167. The number of hydrogen-bond donors (Lipinski definition) is 0. The number of ether oxygens (including phenoxy) is 2. The standard InChI is InChI=1S/C16H17BrO3/c1-2-19-16(18)4-3-9-20-15-8-6-12-10-14(17)7-5-13(12)11-15/h5-8,10-11H,2-4,9H2,1H3. The summed E-state index contributed by atoms with van der Waals surface area (Å²) in [6.07, 6.45) is 1.06. The molecule has 2 aromatic carbocycles. The maximum Gasteiger partial charge on any atom is 0.305 e. The lowest BCUT2D eigenvalue weighted by molar-refractivity contribution is -0.143. The molecule has 0 spiro atoms. The van der Waals surface area contributed by atoms with E-state index in [1.165, 1.54) is 5.39 Å². The van der Waals surface area contributed by atoms with Crippen LogP contribution in [0.3, 0.4) is 0 Å². The van der Waals surface area contributed by atoms with Crippen molar-refractivity contribution in [3.05, 3.63) is 40.9 Å². The molecule has 0 N–H and O–H groups in total. The fraction of sp³-hybridized carbons (Fsp3) is 0.312. The molecular formula is C16H17BrO3. The minimum absolute atomic E-state index is 0.167. The van der Waals surface area contributed by atoms with E-state index in [9.17, 15) is 4.79 Å². The molecular weight excluding hydrogens is 320 g/mol. The van der Waals surface area contributed by atoms with Gasteiger partial charge in [-0.25, -0.2) is 0 Å². The maximum atomic E-state index is 11.2. The van der Waals surface area contributed by atoms with E-state index < -0.39 is 0 Å². The van der Waals surface area contributed by atoms with E-state index in [1.807, 2.05) is 37.3 Å². The van der Waals surface area contributed by atoms with E-state index in [0.717, 1.165) is 15.6 Å². The Morgan fingerprint density at radius 3 is 2.70 bits per heavy atom. The highest BCUT2D eigenvalue weighted by Gasteiger charge is 2.02. The summed E-state index contributed by atoms with van der Waals surface area (Å²) in [6, 6.07) is 12.1. The molecule has 0 atom stereocenters. The van der Waals surface area contributed by atoms with Crippen molar-refractivity contribution in [2.75, 3.05) is 13.2 Å². The highest BCUT2D eigenvalue weighted by molar-refractivity contribution is 9.10. The summed E-state index contributed by atoms with van der Waals surface area (Å²) in [5, 5.41) is 2.30. The van der Waals surface area contributed by atoms with E-state index in [1.54, 1.807) is 0 Å². The molecule has 106 valence electrons. The second-order valence-corrected chi connectivity index (χ2v) is 5.33. The minimum Gasteiger partial charge on any atom is -0.494 e. The van der Waals surface area contributed by atoms with Crippen molar-refractivity contribution >= 4 is 32.7 Å². The molecule has 0 aromatic heterocycles. The van der Waals surface area contributed by atoms with Crippen LogP contribution in [0, 0.1) is 0 Å². The predicted octanol–water partition coefficient (Wildman–Crippen LogP) is 4.32. The normalized spacial score (nSPS) is 10.5. The summed E-state index contributed by atoms with van der Waals surface area (Å²) in [4.78, 5) is 11.2. The molecule has 0 fully saturated rings. The van der Waals surface area contributed by atoms with Gasteiger partial charge >= 0.3 is 5.97 Å². The third-order valence-electron chi connectivity index (χ3n) is 2.87. The van der Waals surface area contributed by atoms with Gasteiger partial charge in [-0.3, -0.25) is 4.79 Å². The number of rotatable bonds is 6. The monoisotopic (exact) mass is 336 g/mol. The molecule has 0 aliphatic rings. The Morgan fingerprint density at radius 1 is 1.15 bits per heavy atom. The van der Waals surface area contributed by atoms with Gasteiger partial charge in [-0.2, -0.15) is 0 Å². The van der Waals surface area contributed by atoms with Crippen molar-refractivity contribution in [2.24, 2.45) is 0 Å². The first kappa shape index (κ1) is 14.9. The largest absolute Gasteiger partial charge is 0.494 e. The topological polar surface area (TPSA) is 35.5 Å². The smallest absolute Gasteiger partial charge is 0.305 e. The highest BCUT2D eigenvalue weighted by atomic mass is 79.9. The van der Waals surface area contributed by atoms with Crippen LogP contribution >= 0.6 is 15.9 Å². The van der Waals surface area contributed by atoms with Crippen LogP contribution < -0.4 is 4.74 Å². The number of hydrogen-bond acceptors (Lipinski definition) is 3. The number of fused-ring (bicyclic) bond motifs is 1. The summed E-state index contributed by atoms with van der Waals surface area (Å²) >= 11 is 3.45. The maximum absolute atomic E-state index is 11.2. The van der Waals surface area contributed by atoms with Crippen LogP contribution in [0.5, 0.6) is 5.75 Å². The Kier molecular flexibility index (Phi) is 5.41. The van der Waals surface area contributed by atoms with E-state index in [0.29, 0.717) is 26.1 Å². The fourth-order valence-electron chi connectivity index (χ4n) is 1.92. The van der Waals surface area contributed by atoms with Crippen molar-refractivity contribution in [1.82, 2.24) is 0 Å². The Labute approximate surface area is 127 Å². The summed E-state index contributed by atoms with van der Waals surface area (Å²) in [7, 11) is 0. The van der Waals surface area contributed by atoms with Gasteiger partial charge in [-0.1, -0.05) is 28.1 Å². The van der Waals surface area contributed by atoms with Gasteiger partial charge in [0.15, 0.2) is 0 Å². The first-order valence-corrected chi connectivity index (χ1v) is 7.46. The Hall–Kier alpha value is -1.55. The van der Waals surface area contributed by atoms with E-state index in [4.69, 9.17) is 9.47 Å². The van der Waals surface area contributed by atoms with Gasteiger partial charge in [0.2, 0.25) is 0 Å². The lowest BCUT2D eigenvalue weighted by atomic mass is 10.1. The molecule has 0 radical (unpaired) electrons. The van der Waals surface area contributed by atoms with Gasteiger partial charge in [0.1, 0.15) is 5.75 Å². The molecule has 2 aromatic rings. The van der Waals surface area contributed by atoms with Gasteiger partial charge in [0.25, 0.3) is 0 Å². The quantitative estimate of drug-likeness (QED) is 0.582. The van der Waals surface area contributed by atoms with Gasteiger partial charge < -0.3 is 9.47 Å². The molecule has 20 heavy (non-hydrogen) atoms. The van der Waals surface area contributed by atoms with Crippen molar-refractivity contribution in [3.8, 4) is 5.75 Å². The molecule has 0 unspecified atom stereocenters. The van der Waals surface area contributed by atoms with Crippen molar-refractivity contribution in [1.29, 1.82) is 0 Å². The third-order valence-corrected chi connectivity index (χ3v) is 3.37. The molecule has 0 amide bonds. The number of halogens is 1. The van der Waals surface area contributed by atoms with Crippen LogP contribution in [0.4, 0.5) is 0 Å². The second-order valence-electron chi connectivity index (χ2n) is 4.41. The molecule has 4 heteroatoms. The van der Waals surface area contributed by atoms with Crippen LogP contribution in [0.1, 0.15) is 19.8 Å². The number of carbonyl (C=O) groups excluding carboxylic acids is 1. The van der Waals surface area contributed by atoms with Gasteiger partial charge in [0.05, 0.1) is 13.2 Å². The zero-order valence-electron chi connectivity index (χ0n) is 11.4. The molecule has 0 aliphatic carbocycles. The van der Waals surface area contributed by atoms with Crippen molar-refractivity contribution in [3.63, 3.8) is 0 Å². The van der Waals surface area contributed by atoms with Crippen LogP contribution in [0.15, 0.2) is 40.9 Å². The first-order valence-electron chi connectivity index (χ1n) is 6.67. The SMILES string of the molecule is CCOC(=O)CCCOc1ccc2cc(Br)ccc2c1. The molecule has 3 nitrogen and oxygen atoms in total. The lowest BCUT2D eigenvalue weighted by Crippen LogP contribution is -2.06. The average molecular weight is 337 g/mol. The van der Waals surface area contributed by atoms with Gasteiger partial charge in [0, 0.05) is 10.9 Å². The Morgan fingerprint density at radius 2 is 1.90 bits per heavy atom. The van der Waals surface area contributed by atoms with E-state index in [2.05, 4.69) is 22.0 Å². The first-order chi connectivity index (χ1) is 9.69. The van der Waals surface area contributed by atoms with Gasteiger partial charge in [-0.05, 0) is 48.4 Å². The molecule has 0 saturated carbocycles. The third kappa shape index (κ3) is 4.23. The van der Waals surface area contributed by atoms with E-state index in [-0.39, 0.29) is 5.97 Å². The fourth-order valence-corrected chi connectivity index (χ4v) is 2.30. The molecule has 2 rings (SSSR count). The lowest BCUT2D eigenvalue weighted by Gasteiger charge is -2.07. The Bertz CT molecular complexity index is 595. The van der Waals surface area contributed by atoms with Gasteiger partial charge in [-0.15, -0.1) is 0 Å². The van der Waals surface area contributed by atoms with Crippen molar-refractivity contribution in [2.45, 2.75) is 19.8 Å². The van der Waals surface area contributed by atoms with Crippen LogP contribution in [-0.2, 0) is 9.53 Å². The molecule has 0 bridgehead atoms. The average Bonchev–Trinajstić information content (AvgIpc) is 2.44. The highest BCUT2D eigenvalue weighted by Crippen LogP contribution is 2.24. The number of esters is 1.